The molecular weight excluding hydrogens is 147 g/mol. The van der Waals surface area contributed by atoms with Gasteiger partial charge >= 0.3 is 6.18 Å². The van der Waals surface area contributed by atoms with Crippen LogP contribution >= 0.6 is 0 Å². The molecule has 0 rings (SSSR count). The van der Waals surface area contributed by atoms with Crippen LogP contribution in [0.4, 0.5) is 13.2 Å². The summed E-state index contributed by atoms with van der Waals surface area (Å²) in [6, 6.07) is 0. The molecule has 1 unspecified atom stereocenters. The summed E-state index contributed by atoms with van der Waals surface area (Å²) in [6.07, 6.45) is -5.96. The van der Waals surface area contributed by atoms with E-state index in [2.05, 4.69) is 10.1 Å². The average molecular weight is 157 g/mol. The molecule has 62 valence electrons. The van der Waals surface area contributed by atoms with Crippen molar-refractivity contribution in [3.63, 3.8) is 0 Å². The molecule has 0 heterocycles. The number of likely N-dealkylation sites (N-methyl/N-ethyl adjacent to an activating group) is 1. The summed E-state index contributed by atoms with van der Waals surface area (Å²) in [5.41, 5.74) is 0. The highest BCUT2D eigenvalue weighted by Gasteiger charge is 2.39. The van der Waals surface area contributed by atoms with Crippen LogP contribution in [0.1, 0.15) is 0 Å². The van der Waals surface area contributed by atoms with Gasteiger partial charge in [0, 0.05) is 13.7 Å². The van der Waals surface area contributed by atoms with Crippen molar-refractivity contribution in [1.29, 1.82) is 0 Å². The van der Waals surface area contributed by atoms with Crippen LogP contribution in [0.5, 0.6) is 0 Å². The molecule has 1 N–H and O–H groups in total. The maximum absolute atomic E-state index is 11.7. The summed E-state index contributed by atoms with van der Waals surface area (Å²) in [5.74, 6) is 0. The van der Waals surface area contributed by atoms with Gasteiger partial charge in [-0.05, 0) is 7.05 Å². The minimum Gasteiger partial charge on any atom is -0.371 e. The molecule has 0 radical (unpaired) electrons. The second kappa shape index (κ2) is 3.78. The van der Waals surface area contributed by atoms with E-state index in [1.165, 1.54) is 7.05 Å². The standard InChI is InChI=1S/C5H10F3NO/c1-9-3-4(10-2)5(6,7)8/h4,9H,3H2,1-2H3. The third-order valence-electron chi connectivity index (χ3n) is 1.04. The zero-order valence-corrected chi connectivity index (χ0v) is 5.83. The number of hydrogen-bond donors (Lipinski definition) is 1. The maximum Gasteiger partial charge on any atom is 0.415 e. The molecule has 0 saturated carbocycles. The Morgan fingerprint density at radius 3 is 2.10 bits per heavy atom. The lowest BCUT2D eigenvalue weighted by Gasteiger charge is -2.17. The zero-order chi connectivity index (χ0) is 8.20. The van der Waals surface area contributed by atoms with Gasteiger partial charge in [-0.25, -0.2) is 0 Å². The van der Waals surface area contributed by atoms with E-state index in [1.54, 1.807) is 0 Å². The van der Waals surface area contributed by atoms with Crippen molar-refractivity contribution in [3.05, 3.63) is 0 Å². The number of rotatable bonds is 3. The highest BCUT2D eigenvalue weighted by molar-refractivity contribution is 4.68. The second-order valence-corrected chi connectivity index (χ2v) is 1.82. The molecule has 1 atom stereocenters. The van der Waals surface area contributed by atoms with E-state index < -0.39 is 12.3 Å². The SMILES string of the molecule is CNCC(OC)C(F)(F)F. The van der Waals surface area contributed by atoms with Gasteiger partial charge in [-0.1, -0.05) is 0 Å². The van der Waals surface area contributed by atoms with Crippen molar-refractivity contribution < 1.29 is 17.9 Å². The first-order valence-electron chi connectivity index (χ1n) is 2.76. The molecule has 0 aromatic heterocycles. The fraction of sp³-hybridized carbons (Fsp3) is 1.00. The first-order valence-corrected chi connectivity index (χ1v) is 2.76. The molecule has 0 aliphatic carbocycles. The lowest BCUT2D eigenvalue weighted by atomic mass is 10.3. The second-order valence-electron chi connectivity index (χ2n) is 1.82. The molecule has 0 amide bonds. The Morgan fingerprint density at radius 1 is 1.50 bits per heavy atom. The average Bonchev–Trinajstić information content (AvgIpc) is 1.80. The Bertz CT molecular complexity index is 93.4. The van der Waals surface area contributed by atoms with Crippen LogP contribution in [0.15, 0.2) is 0 Å². The third kappa shape index (κ3) is 3.03. The van der Waals surface area contributed by atoms with Crippen LogP contribution in [-0.2, 0) is 4.74 Å². The van der Waals surface area contributed by atoms with Gasteiger partial charge < -0.3 is 10.1 Å². The van der Waals surface area contributed by atoms with Crippen LogP contribution in [0, 0.1) is 0 Å². The van der Waals surface area contributed by atoms with Gasteiger partial charge in [-0.2, -0.15) is 13.2 Å². The summed E-state index contributed by atoms with van der Waals surface area (Å²) < 4.78 is 39.4. The molecule has 2 nitrogen and oxygen atoms in total. The van der Waals surface area contributed by atoms with Crippen LogP contribution in [-0.4, -0.2) is 33.0 Å². The monoisotopic (exact) mass is 157 g/mol. The largest absolute Gasteiger partial charge is 0.415 e. The number of hydrogen-bond acceptors (Lipinski definition) is 2. The number of alkyl halides is 3. The molecule has 0 spiro atoms. The normalized spacial score (nSPS) is 15.3. The first kappa shape index (κ1) is 9.71. The Balaban J connectivity index is 3.81. The number of nitrogens with one attached hydrogen (secondary N) is 1. The van der Waals surface area contributed by atoms with Crippen molar-refractivity contribution in [2.75, 3.05) is 20.7 Å². The minimum absolute atomic E-state index is 0.208. The summed E-state index contributed by atoms with van der Waals surface area (Å²) in [5, 5.41) is 2.38. The van der Waals surface area contributed by atoms with Gasteiger partial charge in [0.2, 0.25) is 0 Å². The topological polar surface area (TPSA) is 21.3 Å². The first-order chi connectivity index (χ1) is 4.52. The highest BCUT2D eigenvalue weighted by Crippen LogP contribution is 2.21. The van der Waals surface area contributed by atoms with Crippen molar-refractivity contribution >= 4 is 0 Å². The molecule has 0 saturated heterocycles. The molecule has 0 aromatic carbocycles. The molecule has 5 heteroatoms. The summed E-state index contributed by atoms with van der Waals surface area (Å²) in [7, 11) is 2.48. The minimum atomic E-state index is -4.27. The summed E-state index contributed by atoms with van der Waals surface area (Å²) in [4.78, 5) is 0. The third-order valence-corrected chi connectivity index (χ3v) is 1.04. The van der Waals surface area contributed by atoms with Gasteiger partial charge in [0.25, 0.3) is 0 Å². The molecule has 0 aliphatic heterocycles. The molecule has 0 aliphatic rings. The fourth-order valence-corrected chi connectivity index (χ4v) is 0.518. The van der Waals surface area contributed by atoms with E-state index >= 15 is 0 Å². The molecule has 0 bridgehead atoms. The Morgan fingerprint density at radius 2 is 2.00 bits per heavy atom. The smallest absolute Gasteiger partial charge is 0.371 e. The number of ether oxygens (including phenoxy) is 1. The summed E-state index contributed by atoms with van der Waals surface area (Å²) >= 11 is 0. The summed E-state index contributed by atoms with van der Waals surface area (Å²) in [6.45, 7) is -0.208. The van der Waals surface area contributed by atoms with E-state index in [1.807, 2.05) is 0 Å². The molecular formula is C5H10F3NO. The van der Waals surface area contributed by atoms with E-state index in [4.69, 9.17) is 0 Å². The van der Waals surface area contributed by atoms with Crippen LogP contribution < -0.4 is 5.32 Å². The Hall–Kier alpha value is -0.290. The van der Waals surface area contributed by atoms with Crippen molar-refractivity contribution in [1.82, 2.24) is 5.32 Å². The molecule has 0 aromatic rings. The lowest BCUT2D eigenvalue weighted by Crippen LogP contribution is -2.38. The number of methoxy groups -OCH3 is 1. The number of halogens is 3. The van der Waals surface area contributed by atoms with Crippen LogP contribution in [0.2, 0.25) is 0 Å². The van der Waals surface area contributed by atoms with Crippen molar-refractivity contribution in [2.45, 2.75) is 12.3 Å². The molecule has 10 heavy (non-hydrogen) atoms. The Labute approximate surface area is 57.4 Å². The predicted octanol–water partition coefficient (Wildman–Crippen LogP) is 0.783. The van der Waals surface area contributed by atoms with Gasteiger partial charge in [-0.15, -0.1) is 0 Å². The van der Waals surface area contributed by atoms with E-state index in [-0.39, 0.29) is 6.54 Å². The highest BCUT2D eigenvalue weighted by atomic mass is 19.4. The lowest BCUT2D eigenvalue weighted by molar-refractivity contribution is -0.210. The zero-order valence-electron chi connectivity index (χ0n) is 5.83. The van der Waals surface area contributed by atoms with Crippen molar-refractivity contribution in [2.24, 2.45) is 0 Å². The maximum atomic E-state index is 11.7. The fourth-order valence-electron chi connectivity index (χ4n) is 0.518. The van der Waals surface area contributed by atoms with Gasteiger partial charge in [0.1, 0.15) is 0 Å². The van der Waals surface area contributed by atoms with E-state index in [9.17, 15) is 13.2 Å². The van der Waals surface area contributed by atoms with Crippen molar-refractivity contribution in [3.8, 4) is 0 Å². The molecule has 0 fully saturated rings. The van der Waals surface area contributed by atoms with Gasteiger partial charge in [0.15, 0.2) is 6.10 Å². The van der Waals surface area contributed by atoms with E-state index in [0.29, 0.717) is 0 Å². The van der Waals surface area contributed by atoms with Crippen LogP contribution in [0.25, 0.3) is 0 Å². The van der Waals surface area contributed by atoms with E-state index in [0.717, 1.165) is 7.11 Å². The van der Waals surface area contributed by atoms with Gasteiger partial charge in [0.05, 0.1) is 0 Å². The Kier molecular flexibility index (Phi) is 3.67. The van der Waals surface area contributed by atoms with Gasteiger partial charge in [-0.3, -0.25) is 0 Å². The predicted molar refractivity (Wildman–Crippen MR) is 30.8 cm³/mol. The van der Waals surface area contributed by atoms with Crippen LogP contribution in [0.3, 0.4) is 0 Å². The quantitative estimate of drug-likeness (QED) is 0.653.